The van der Waals surface area contributed by atoms with E-state index in [1.54, 1.807) is 7.11 Å². The molecule has 0 radical (unpaired) electrons. The van der Waals surface area contributed by atoms with Crippen LogP contribution in [0.2, 0.25) is 0 Å². The van der Waals surface area contributed by atoms with Crippen molar-refractivity contribution in [3.63, 3.8) is 0 Å². The van der Waals surface area contributed by atoms with Gasteiger partial charge in [0.05, 0.1) is 6.10 Å². The molecule has 10 heavy (non-hydrogen) atoms. The smallest absolute Gasteiger partial charge is 0.0667 e. The van der Waals surface area contributed by atoms with Crippen molar-refractivity contribution in [2.75, 3.05) is 32.2 Å². The van der Waals surface area contributed by atoms with Gasteiger partial charge in [0.15, 0.2) is 0 Å². The Labute approximate surface area is 67.7 Å². The van der Waals surface area contributed by atoms with Gasteiger partial charge < -0.3 is 10.1 Å². The highest BCUT2D eigenvalue weighted by Crippen LogP contribution is 1.88. The van der Waals surface area contributed by atoms with E-state index in [0.29, 0.717) is 6.10 Å². The Morgan fingerprint density at radius 2 is 2.30 bits per heavy atom. The lowest BCUT2D eigenvalue weighted by atomic mass is 10.4. The Hall–Kier alpha value is 0.270. The summed E-state index contributed by atoms with van der Waals surface area (Å²) >= 11 is 1.86. The largest absolute Gasteiger partial charge is 0.380 e. The topological polar surface area (TPSA) is 21.3 Å². The van der Waals surface area contributed by atoms with Gasteiger partial charge in [-0.1, -0.05) is 0 Å². The van der Waals surface area contributed by atoms with Gasteiger partial charge in [-0.15, -0.1) is 0 Å². The molecule has 0 fully saturated rings. The molecule has 0 aliphatic carbocycles. The van der Waals surface area contributed by atoms with Crippen molar-refractivity contribution in [1.82, 2.24) is 5.32 Å². The van der Waals surface area contributed by atoms with Crippen LogP contribution in [0.4, 0.5) is 0 Å². The first kappa shape index (κ1) is 10.3. The molecule has 0 rings (SSSR count). The third-order valence-corrected chi connectivity index (χ3v) is 1.93. The van der Waals surface area contributed by atoms with Crippen molar-refractivity contribution in [2.45, 2.75) is 13.0 Å². The summed E-state index contributed by atoms with van der Waals surface area (Å²) in [5.74, 6) is 1.18. The predicted octanol–water partition coefficient (Wildman–Crippen LogP) is 0.974. The summed E-state index contributed by atoms with van der Waals surface area (Å²) in [5, 5.41) is 3.29. The number of methoxy groups -OCH3 is 1. The molecule has 2 nitrogen and oxygen atoms in total. The molecule has 0 saturated carbocycles. The minimum absolute atomic E-state index is 0.335. The summed E-state index contributed by atoms with van der Waals surface area (Å²) in [4.78, 5) is 0. The minimum atomic E-state index is 0.335. The molecule has 0 saturated heterocycles. The van der Waals surface area contributed by atoms with E-state index in [9.17, 15) is 0 Å². The van der Waals surface area contributed by atoms with E-state index in [4.69, 9.17) is 4.74 Å². The molecule has 0 aliphatic heterocycles. The van der Waals surface area contributed by atoms with Crippen LogP contribution in [0, 0.1) is 0 Å². The zero-order valence-electron chi connectivity index (χ0n) is 7.02. The quantitative estimate of drug-likeness (QED) is 0.590. The normalized spacial score (nSPS) is 13.5. The summed E-state index contributed by atoms with van der Waals surface area (Å²) in [6.07, 6.45) is 2.45. The fourth-order valence-electron chi connectivity index (χ4n) is 0.563. The highest BCUT2D eigenvalue weighted by molar-refractivity contribution is 7.98. The third kappa shape index (κ3) is 6.39. The molecule has 0 aliphatic rings. The van der Waals surface area contributed by atoms with Crippen molar-refractivity contribution in [3.05, 3.63) is 0 Å². The first-order valence-corrected chi connectivity index (χ1v) is 4.93. The number of thioether (sulfide) groups is 1. The van der Waals surface area contributed by atoms with Crippen LogP contribution in [0.3, 0.4) is 0 Å². The van der Waals surface area contributed by atoms with E-state index in [0.717, 1.165) is 13.1 Å². The van der Waals surface area contributed by atoms with Crippen molar-refractivity contribution >= 4 is 11.8 Å². The maximum absolute atomic E-state index is 5.06. The standard InChI is InChI=1S/C7H17NOS/c1-7(9-2)6-8-4-5-10-3/h7-8H,4-6H2,1-3H3. The van der Waals surface area contributed by atoms with Crippen LogP contribution in [0.15, 0.2) is 0 Å². The molecule has 0 spiro atoms. The van der Waals surface area contributed by atoms with Crippen LogP contribution in [-0.4, -0.2) is 38.3 Å². The van der Waals surface area contributed by atoms with Crippen molar-refractivity contribution in [3.8, 4) is 0 Å². The Morgan fingerprint density at radius 1 is 1.60 bits per heavy atom. The lowest BCUT2D eigenvalue weighted by Crippen LogP contribution is -2.27. The molecule has 3 heteroatoms. The number of hydrogen-bond donors (Lipinski definition) is 1. The molecular formula is C7H17NOS. The fourth-order valence-corrected chi connectivity index (χ4v) is 0.911. The summed E-state index contributed by atoms with van der Waals surface area (Å²) in [6, 6.07) is 0. The third-order valence-electron chi connectivity index (χ3n) is 1.32. The van der Waals surface area contributed by atoms with Gasteiger partial charge in [0.2, 0.25) is 0 Å². The van der Waals surface area contributed by atoms with Gasteiger partial charge in [0.25, 0.3) is 0 Å². The second-order valence-corrected chi connectivity index (χ2v) is 3.23. The Morgan fingerprint density at radius 3 is 2.80 bits per heavy atom. The number of hydrogen-bond acceptors (Lipinski definition) is 3. The van der Waals surface area contributed by atoms with Crippen LogP contribution < -0.4 is 5.32 Å². The highest BCUT2D eigenvalue weighted by Gasteiger charge is 1.95. The zero-order valence-corrected chi connectivity index (χ0v) is 7.83. The van der Waals surface area contributed by atoms with Gasteiger partial charge in [-0.25, -0.2) is 0 Å². The molecule has 62 valence electrons. The fraction of sp³-hybridized carbons (Fsp3) is 1.00. The molecule has 1 N–H and O–H groups in total. The van der Waals surface area contributed by atoms with E-state index in [-0.39, 0.29) is 0 Å². The average molecular weight is 163 g/mol. The first-order chi connectivity index (χ1) is 4.81. The zero-order chi connectivity index (χ0) is 7.82. The lowest BCUT2D eigenvalue weighted by Gasteiger charge is -2.09. The van der Waals surface area contributed by atoms with E-state index >= 15 is 0 Å². The molecule has 1 unspecified atom stereocenters. The second-order valence-electron chi connectivity index (χ2n) is 2.24. The average Bonchev–Trinajstić information content (AvgIpc) is 1.98. The summed E-state index contributed by atoms with van der Waals surface area (Å²) < 4.78 is 5.06. The maximum Gasteiger partial charge on any atom is 0.0667 e. The molecule has 0 aromatic carbocycles. The molecule has 0 bridgehead atoms. The van der Waals surface area contributed by atoms with E-state index in [1.165, 1.54) is 5.75 Å². The number of ether oxygens (including phenoxy) is 1. The molecule has 0 amide bonds. The van der Waals surface area contributed by atoms with Crippen molar-refractivity contribution in [1.29, 1.82) is 0 Å². The van der Waals surface area contributed by atoms with Gasteiger partial charge in [0, 0.05) is 26.0 Å². The first-order valence-electron chi connectivity index (χ1n) is 3.53. The van der Waals surface area contributed by atoms with Gasteiger partial charge in [-0.3, -0.25) is 0 Å². The van der Waals surface area contributed by atoms with Crippen molar-refractivity contribution < 1.29 is 4.74 Å². The molecule has 0 aromatic rings. The van der Waals surface area contributed by atoms with E-state index in [2.05, 4.69) is 18.5 Å². The molecule has 0 heterocycles. The van der Waals surface area contributed by atoms with E-state index in [1.807, 2.05) is 11.8 Å². The predicted molar refractivity (Wildman–Crippen MR) is 47.7 cm³/mol. The van der Waals surface area contributed by atoms with Crippen LogP contribution in [0.1, 0.15) is 6.92 Å². The van der Waals surface area contributed by atoms with Crippen LogP contribution in [-0.2, 0) is 4.74 Å². The second kappa shape index (κ2) is 7.38. The van der Waals surface area contributed by atoms with Crippen LogP contribution in [0.25, 0.3) is 0 Å². The van der Waals surface area contributed by atoms with E-state index < -0.39 is 0 Å². The van der Waals surface area contributed by atoms with Crippen LogP contribution in [0.5, 0.6) is 0 Å². The lowest BCUT2D eigenvalue weighted by molar-refractivity contribution is 0.118. The highest BCUT2D eigenvalue weighted by atomic mass is 32.2. The van der Waals surface area contributed by atoms with Crippen molar-refractivity contribution in [2.24, 2.45) is 0 Å². The molecule has 1 atom stereocenters. The SMILES string of the molecule is COC(C)CNCCSC. The van der Waals surface area contributed by atoms with Gasteiger partial charge in [-0.2, -0.15) is 11.8 Å². The minimum Gasteiger partial charge on any atom is -0.380 e. The van der Waals surface area contributed by atoms with Gasteiger partial charge in [0.1, 0.15) is 0 Å². The monoisotopic (exact) mass is 163 g/mol. The number of nitrogens with one attached hydrogen (secondary N) is 1. The Balaban J connectivity index is 2.89. The number of rotatable bonds is 6. The maximum atomic E-state index is 5.06. The summed E-state index contributed by atoms with van der Waals surface area (Å²) in [7, 11) is 1.74. The Kier molecular flexibility index (Phi) is 7.58. The summed E-state index contributed by atoms with van der Waals surface area (Å²) in [6.45, 7) is 4.10. The molecular weight excluding hydrogens is 146 g/mol. The summed E-state index contributed by atoms with van der Waals surface area (Å²) in [5.41, 5.74) is 0. The van der Waals surface area contributed by atoms with Gasteiger partial charge in [-0.05, 0) is 13.2 Å². The Bertz CT molecular complexity index is 70.6. The van der Waals surface area contributed by atoms with Crippen LogP contribution >= 0.6 is 11.8 Å². The molecule has 0 aromatic heterocycles. The van der Waals surface area contributed by atoms with Gasteiger partial charge >= 0.3 is 0 Å².